The normalized spacial score (nSPS) is 12.5. The number of aromatic nitrogens is 4. The molecule has 2 atom stereocenters. The minimum Gasteiger partial charge on any atom is -0.497 e. The van der Waals surface area contributed by atoms with E-state index in [0.717, 1.165) is 40.0 Å². The predicted octanol–water partition coefficient (Wildman–Crippen LogP) is 6.12. The summed E-state index contributed by atoms with van der Waals surface area (Å²) in [6.45, 7) is 2.05. The Balaban J connectivity index is 1.30. The fourth-order valence-electron chi connectivity index (χ4n) is 6.16. The van der Waals surface area contributed by atoms with E-state index in [2.05, 4.69) is 37.4 Å². The first-order valence-corrected chi connectivity index (χ1v) is 17.4. The molecule has 0 saturated heterocycles. The number of rotatable bonds is 15. The molecule has 2 aromatic heterocycles. The van der Waals surface area contributed by atoms with Crippen LogP contribution in [0.4, 0.5) is 0 Å². The molecule has 0 spiro atoms. The molecule has 0 bridgehead atoms. The smallest absolute Gasteiger partial charge is 0.262 e. The van der Waals surface area contributed by atoms with Gasteiger partial charge in [0.1, 0.15) is 35.0 Å². The first-order valence-electron chi connectivity index (χ1n) is 17.4. The summed E-state index contributed by atoms with van der Waals surface area (Å²) in [4.78, 5) is 30.5. The second-order valence-corrected chi connectivity index (χ2v) is 12.7. The van der Waals surface area contributed by atoms with Crippen molar-refractivity contribution >= 4 is 28.8 Å². The highest BCUT2D eigenvalue weighted by Crippen LogP contribution is 2.26. The lowest BCUT2D eigenvalue weighted by Crippen LogP contribution is -2.47. The van der Waals surface area contributed by atoms with Crippen molar-refractivity contribution < 1.29 is 19.1 Å². The molecule has 4 aromatic carbocycles. The average molecular weight is 708 g/mol. The molecule has 6 aromatic rings. The van der Waals surface area contributed by atoms with Crippen LogP contribution in [0.5, 0.6) is 11.5 Å². The highest BCUT2D eigenvalue weighted by Gasteiger charge is 2.28. The highest BCUT2D eigenvalue weighted by atomic mass is 16.5. The average Bonchev–Trinajstić information content (AvgIpc) is 3.80. The number of aryl methyl sites for hydroxylation is 2. The van der Waals surface area contributed by atoms with E-state index in [1.165, 1.54) is 11.6 Å². The standard InChI is InChI=1S/C42H41N7O4/c1-28(45-42(51)32(25-43)23-30-13-18-34(52-2)19-14-30)41(50)46-38(24-33-26-44-37-12-8-7-11-36(33)37)40-48-47-39(22-17-29-9-5-4-6-10-29)49(40)27-31-15-20-35(53-3)21-16-31/h4-16,18-21,23,26,28,38,44H,17,22,24,27H2,1-3H3,(H,45,51)(H,46,50)/b32-23+/t28-,38+/m0/s1. The van der Waals surface area contributed by atoms with Gasteiger partial charge in [-0.3, -0.25) is 9.59 Å². The van der Waals surface area contributed by atoms with Crippen LogP contribution in [-0.2, 0) is 35.4 Å². The van der Waals surface area contributed by atoms with E-state index in [-0.39, 0.29) is 5.57 Å². The van der Waals surface area contributed by atoms with Gasteiger partial charge in [-0.05, 0) is 72.0 Å². The van der Waals surface area contributed by atoms with E-state index in [0.29, 0.717) is 36.5 Å². The first-order chi connectivity index (χ1) is 25.8. The Morgan fingerprint density at radius 3 is 2.23 bits per heavy atom. The Kier molecular flexibility index (Phi) is 11.6. The van der Waals surface area contributed by atoms with Gasteiger partial charge >= 0.3 is 0 Å². The lowest BCUT2D eigenvalue weighted by atomic mass is 10.0. The summed E-state index contributed by atoms with van der Waals surface area (Å²) in [5.74, 6) is 1.67. The summed E-state index contributed by atoms with van der Waals surface area (Å²) in [7, 11) is 3.20. The molecular weight excluding hydrogens is 667 g/mol. The van der Waals surface area contributed by atoms with Crippen LogP contribution in [0.1, 0.15) is 46.9 Å². The Bertz CT molecular complexity index is 2230. The molecule has 268 valence electrons. The third kappa shape index (κ3) is 8.98. The Morgan fingerprint density at radius 2 is 1.53 bits per heavy atom. The number of H-pyrrole nitrogens is 1. The number of para-hydroxylation sites is 1. The van der Waals surface area contributed by atoms with Crippen LogP contribution in [0.2, 0.25) is 0 Å². The second kappa shape index (κ2) is 17.0. The van der Waals surface area contributed by atoms with Gasteiger partial charge in [-0.2, -0.15) is 5.26 Å². The van der Waals surface area contributed by atoms with Crippen LogP contribution < -0.4 is 20.1 Å². The Labute approximate surface area is 308 Å². The van der Waals surface area contributed by atoms with Gasteiger partial charge in [0, 0.05) is 29.9 Å². The summed E-state index contributed by atoms with van der Waals surface area (Å²) < 4.78 is 12.7. The molecule has 0 unspecified atom stereocenters. The van der Waals surface area contributed by atoms with Crippen molar-refractivity contribution in [3.63, 3.8) is 0 Å². The molecule has 0 aliphatic rings. The summed E-state index contributed by atoms with van der Waals surface area (Å²) in [5.41, 5.74) is 4.67. The van der Waals surface area contributed by atoms with Crippen molar-refractivity contribution in [1.82, 2.24) is 30.4 Å². The fraction of sp³-hybridized carbons (Fsp3) is 0.214. The van der Waals surface area contributed by atoms with Crippen molar-refractivity contribution in [2.45, 2.75) is 44.8 Å². The molecule has 0 fully saturated rings. The van der Waals surface area contributed by atoms with Crippen molar-refractivity contribution in [3.8, 4) is 17.6 Å². The number of amides is 2. The molecular formula is C42H41N7O4. The number of hydrogen-bond donors (Lipinski definition) is 3. The zero-order valence-corrected chi connectivity index (χ0v) is 29.9. The van der Waals surface area contributed by atoms with E-state index >= 15 is 0 Å². The fourth-order valence-corrected chi connectivity index (χ4v) is 6.16. The number of aromatic amines is 1. The number of carbonyl (C=O) groups is 2. The van der Waals surface area contributed by atoms with Crippen LogP contribution in [0.25, 0.3) is 17.0 Å². The highest BCUT2D eigenvalue weighted by molar-refractivity contribution is 6.03. The van der Waals surface area contributed by atoms with Crippen LogP contribution in [0.15, 0.2) is 115 Å². The molecule has 0 radical (unpaired) electrons. The molecule has 0 aliphatic carbocycles. The predicted molar refractivity (Wildman–Crippen MR) is 203 cm³/mol. The van der Waals surface area contributed by atoms with Gasteiger partial charge < -0.3 is 29.7 Å². The molecule has 53 heavy (non-hydrogen) atoms. The Morgan fingerprint density at radius 1 is 0.849 bits per heavy atom. The van der Waals surface area contributed by atoms with Crippen LogP contribution in [0, 0.1) is 11.3 Å². The quantitative estimate of drug-likeness (QED) is 0.0861. The van der Waals surface area contributed by atoms with Gasteiger partial charge in [0.05, 0.1) is 26.8 Å². The maximum atomic E-state index is 13.9. The molecule has 6 rings (SSSR count). The molecule has 11 heteroatoms. The first kappa shape index (κ1) is 36.1. The van der Waals surface area contributed by atoms with Crippen LogP contribution >= 0.6 is 0 Å². The monoisotopic (exact) mass is 707 g/mol. The molecule has 0 saturated carbocycles. The summed E-state index contributed by atoms with van der Waals surface area (Å²) in [6.07, 6.45) is 5.20. The third-order valence-electron chi connectivity index (χ3n) is 9.10. The van der Waals surface area contributed by atoms with Crippen molar-refractivity contribution in [2.75, 3.05) is 14.2 Å². The lowest BCUT2D eigenvalue weighted by molar-refractivity contribution is -0.127. The van der Waals surface area contributed by atoms with E-state index in [9.17, 15) is 14.9 Å². The van der Waals surface area contributed by atoms with E-state index in [4.69, 9.17) is 14.6 Å². The van der Waals surface area contributed by atoms with Gasteiger partial charge in [-0.15, -0.1) is 10.2 Å². The number of carbonyl (C=O) groups excluding carboxylic acids is 2. The zero-order chi connectivity index (χ0) is 37.2. The SMILES string of the molecule is COc1ccc(/C=C(\C#N)C(=O)N[C@@H](C)C(=O)N[C@H](Cc2c[nH]c3ccccc23)c2nnc(CCc3ccccc3)n2Cc2ccc(OC)cc2)cc1. The largest absolute Gasteiger partial charge is 0.497 e. The second-order valence-electron chi connectivity index (χ2n) is 12.7. The topological polar surface area (TPSA) is 147 Å². The molecule has 2 amide bonds. The third-order valence-corrected chi connectivity index (χ3v) is 9.10. The molecule has 11 nitrogen and oxygen atoms in total. The summed E-state index contributed by atoms with van der Waals surface area (Å²) >= 11 is 0. The van der Waals surface area contributed by atoms with Crippen molar-refractivity contribution in [3.05, 3.63) is 149 Å². The number of nitrogens with zero attached hydrogens (tertiary/aromatic N) is 4. The maximum Gasteiger partial charge on any atom is 0.262 e. The van der Waals surface area contributed by atoms with Crippen molar-refractivity contribution in [2.24, 2.45) is 0 Å². The number of benzene rings is 4. The molecule has 3 N–H and O–H groups in total. The van der Waals surface area contributed by atoms with Gasteiger partial charge in [-0.1, -0.05) is 72.8 Å². The zero-order valence-electron chi connectivity index (χ0n) is 29.9. The minimum absolute atomic E-state index is 0.132. The van der Waals surface area contributed by atoms with E-state index < -0.39 is 23.9 Å². The number of nitrogens with one attached hydrogen (secondary N) is 3. The Hall–Kier alpha value is -6.67. The van der Waals surface area contributed by atoms with Gasteiger partial charge in [0.15, 0.2) is 5.82 Å². The van der Waals surface area contributed by atoms with Gasteiger partial charge in [-0.25, -0.2) is 0 Å². The van der Waals surface area contributed by atoms with Gasteiger partial charge in [0.25, 0.3) is 5.91 Å². The number of fused-ring (bicyclic) bond motifs is 1. The summed E-state index contributed by atoms with van der Waals surface area (Å²) in [5, 5.41) is 26.1. The number of methoxy groups -OCH3 is 2. The number of ether oxygens (including phenoxy) is 2. The lowest BCUT2D eigenvalue weighted by Gasteiger charge is -2.22. The number of hydrogen-bond acceptors (Lipinski definition) is 7. The molecule has 0 aliphatic heterocycles. The maximum absolute atomic E-state index is 13.9. The van der Waals surface area contributed by atoms with Gasteiger partial charge in [0.2, 0.25) is 5.91 Å². The van der Waals surface area contributed by atoms with Crippen LogP contribution in [0.3, 0.4) is 0 Å². The van der Waals surface area contributed by atoms with Crippen molar-refractivity contribution in [1.29, 1.82) is 5.26 Å². The summed E-state index contributed by atoms with van der Waals surface area (Å²) in [6, 6.07) is 33.3. The minimum atomic E-state index is -0.976. The number of nitriles is 1. The van der Waals surface area contributed by atoms with E-state index in [1.54, 1.807) is 45.4 Å². The van der Waals surface area contributed by atoms with E-state index in [1.807, 2.05) is 79.0 Å². The molecule has 2 heterocycles. The van der Waals surface area contributed by atoms with Crippen LogP contribution in [-0.4, -0.2) is 51.8 Å².